The molecule has 15 heavy (non-hydrogen) atoms. The Labute approximate surface area is 89.9 Å². The third-order valence-corrected chi connectivity index (χ3v) is 3.15. The first-order chi connectivity index (χ1) is 6.90. The molecule has 0 saturated heterocycles. The van der Waals surface area contributed by atoms with Crippen molar-refractivity contribution in [1.29, 1.82) is 0 Å². The molecule has 0 saturated carbocycles. The molecule has 0 aliphatic heterocycles. The van der Waals surface area contributed by atoms with Gasteiger partial charge >= 0.3 is 0 Å². The second-order valence-corrected chi connectivity index (χ2v) is 5.89. The van der Waals surface area contributed by atoms with Gasteiger partial charge in [0, 0.05) is 24.1 Å². The topological polar surface area (TPSA) is 67.3 Å². The lowest BCUT2D eigenvalue weighted by Crippen LogP contribution is -2.25. The molecule has 1 aromatic rings. The van der Waals surface area contributed by atoms with Crippen molar-refractivity contribution in [3.05, 3.63) is 30.1 Å². The Balaban J connectivity index is 2.73. The molecule has 0 amide bonds. The number of hydrogen-bond donors (Lipinski definition) is 1. The standard InChI is InChI=1S/C10H15NO3S/c1-8(9-5-3-4-6-11-9)10(12)7-15(2,13)14/h3-6,8,10,12H,7H2,1-2H3. The summed E-state index contributed by atoms with van der Waals surface area (Å²) in [4.78, 5) is 4.07. The SMILES string of the molecule is CC(c1ccccn1)C(O)CS(C)(=O)=O. The normalized spacial score (nSPS) is 15.9. The van der Waals surface area contributed by atoms with Crippen molar-refractivity contribution in [2.45, 2.75) is 18.9 Å². The summed E-state index contributed by atoms with van der Waals surface area (Å²) >= 11 is 0. The monoisotopic (exact) mass is 229 g/mol. The highest BCUT2D eigenvalue weighted by molar-refractivity contribution is 7.90. The smallest absolute Gasteiger partial charge is 0.150 e. The molecule has 0 aromatic carbocycles. The van der Waals surface area contributed by atoms with Gasteiger partial charge in [0.1, 0.15) is 9.84 Å². The van der Waals surface area contributed by atoms with Gasteiger partial charge in [0.25, 0.3) is 0 Å². The molecule has 2 atom stereocenters. The maximum atomic E-state index is 11.0. The molecule has 0 aliphatic rings. The summed E-state index contributed by atoms with van der Waals surface area (Å²) in [5.74, 6) is -0.508. The quantitative estimate of drug-likeness (QED) is 0.820. The highest BCUT2D eigenvalue weighted by Crippen LogP contribution is 2.17. The van der Waals surface area contributed by atoms with Crippen LogP contribution < -0.4 is 0 Å². The van der Waals surface area contributed by atoms with Crippen LogP contribution in [0.15, 0.2) is 24.4 Å². The van der Waals surface area contributed by atoms with Crippen LogP contribution in [0.5, 0.6) is 0 Å². The second-order valence-electron chi connectivity index (χ2n) is 3.70. The van der Waals surface area contributed by atoms with E-state index in [1.165, 1.54) is 0 Å². The molecule has 0 fully saturated rings. The highest BCUT2D eigenvalue weighted by atomic mass is 32.2. The lowest BCUT2D eigenvalue weighted by atomic mass is 10.0. The molecule has 5 heteroatoms. The highest BCUT2D eigenvalue weighted by Gasteiger charge is 2.21. The summed E-state index contributed by atoms with van der Waals surface area (Å²) < 4.78 is 22.0. The van der Waals surface area contributed by atoms with E-state index in [0.717, 1.165) is 6.26 Å². The molecule has 0 spiro atoms. The molecule has 2 unspecified atom stereocenters. The summed E-state index contributed by atoms with van der Waals surface area (Å²) in [5.41, 5.74) is 0.702. The van der Waals surface area contributed by atoms with Crippen molar-refractivity contribution >= 4 is 9.84 Å². The average Bonchev–Trinajstić information content (AvgIpc) is 2.15. The van der Waals surface area contributed by atoms with Gasteiger partial charge in [-0.1, -0.05) is 13.0 Å². The molecular weight excluding hydrogens is 214 g/mol. The van der Waals surface area contributed by atoms with E-state index in [2.05, 4.69) is 4.98 Å². The van der Waals surface area contributed by atoms with Gasteiger partial charge in [-0.05, 0) is 12.1 Å². The maximum absolute atomic E-state index is 11.0. The molecule has 0 aliphatic carbocycles. The first-order valence-electron chi connectivity index (χ1n) is 4.67. The van der Waals surface area contributed by atoms with Crippen LogP contribution in [0.1, 0.15) is 18.5 Å². The fraction of sp³-hybridized carbons (Fsp3) is 0.500. The Morgan fingerprint density at radius 2 is 2.13 bits per heavy atom. The largest absolute Gasteiger partial charge is 0.391 e. The van der Waals surface area contributed by atoms with Crippen molar-refractivity contribution in [1.82, 2.24) is 4.98 Å². The Hall–Kier alpha value is -0.940. The number of aromatic nitrogens is 1. The summed E-state index contributed by atoms with van der Waals surface area (Å²) in [6.07, 6.45) is 1.83. The predicted molar refractivity (Wildman–Crippen MR) is 58.4 cm³/mol. The molecule has 1 N–H and O–H groups in total. The number of aliphatic hydroxyl groups is 1. The van der Waals surface area contributed by atoms with Crippen LogP contribution in [-0.2, 0) is 9.84 Å². The van der Waals surface area contributed by atoms with Crippen LogP contribution in [0.2, 0.25) is 0 Å². The Morgan fingerprint density at radius 3 is 2.60 bits per heavy atom. The number of aliphatic hydroxyl groups excluding tert-OH is 1. The molecule has 84 valence electrons. The number of sulfone groups is 1. The summed E-state index contributed by atoms with van der Waals surface area (Å²) in [7, 11) is -3.15. The summed E-state index contributed by atoms with van der Waals surface area (Å²) in [6, 6.07) is 5.36. The van der Waals surface area contributed by atoms with Crippen molar-refractivity contribution in [3.8, 4) is 0 Å². The zero-order valence-corrected chi connectivity index (χ0v) is 9.61. The van der Waals surface area contributed by atoms with Crippen molar-refractivity contribution in [2.75, 3.05) is 12.0 Å². The van der Waals surface area contributed by atoms with Crippen LogP contribution in [0.4, 0.5) is 0 Å². The Bertz CT molecular complexity index is 402. The third kappa shape index (κ3) is 3.97. The number of hydrogen-bond acceptors (Lipinski definition) is 4. The zero-order chi connectivity index (χ0) is 11.5. The van der Waals surface area contributed by atoms with E-state index in [0.29, 0.717) is 5.69 Å². The summed E-state index contributed by atoms with van der Waals surface area (Å²) in [6.45, 7) is 1.76. The first-order valence-corrected chi connectivity index (χ1v) is 6.73. The minimum absolute atomic E-state index is 0.231. The minimum Gasteiger partial charge on any atom is -0.391 e. The molecule has 0 bridgehead atoms. The first kappa shape index (κ1) is 12.1. The molecule has 4 nitrogen and oxygen atoms in total. The van der Waals surface area contributed by atoms with Gasteiger partial charge in [-0.2, -0.15) is 0 Å². The molecule has 1 rings (SSSR count). The van der Waals surface area contributed by atoms with E-state index < -0.39 is 15.9 Å². The van der Waals surface area contributed by atoms with Gasteiger partial charge in [0.05, 0.1) is 11.9 Å². The van der Waals surface area contributed by atoms with Gasteiger partial charge < -0.3 is 5.11 Å². The Morgan fingerprint density at radius 1 is 1.47 bits per heavy atom. The minimum atomic E-state index is -3.15. The van der Waals surface area contributed by atoms with E-state index >= 15 is 0 Å². The van der Waals surface area contributed by atoms with Crippen LogP contribution in [0.25, 0.3) is 0 Å². The van der Waals surface area contributed by atoms with E-state index in [-0.39, 0.29) is 11.7 Å². The predicted octanol–water partition coefficient (Wildman–Crippen LogP) is 0.591. The van der Waals surface area contributed by atoms with E-state index in [1.807, 2.05) is 6.07 Å². The third-order valence-electron chi connectivity index (χ3n) is 2.20. The average molecular weight is 229 g/mol. The lowest BCUT2D eigenvalue weighted by Gasteiger charge is -2.17. The van der Waals surface area contributed by atoms with Gasteiger partial charge in [-0.25, -0.2) is 8.42 Å². The van der Waals surface area contributed by atoms with Crippen molar-refractivity contribution < 1.29 is 13.5 Å². The fourth-order valence-electron chi connectivity index (χ4n) is 1.30. The van der Waals surface area contributed by atoms with Crippen LogP contribution >= 0.6 is 0 Å². The second kappa shape index (κ2) is 4.72. The summed E-state index contributed by atoms with van der Waals surface area (Å²) in [5, 5.41) is 9.69. The lowest BCUT2D eigenvalue weighted by molar-refractivity contribution is 0.170. The van der Waals surface area contributed by atoms with Crippen LogP contribution in [-0.4, -0.2) is 36.6 Å². The number of pyridine rings is 1. The van der Waals surface area contributed by atoms with Crippen LogP contribution in [0, 0.1) is 0 Å². The number of nitrogens with zero attached hydrogens (tertiary/aromatic N) is 1. The fourth-order valence-corrected chi connectivity index (χ4v) is 2.21. The Kier molecular flexibility index (Phi) is 3.82. The zero-order valence-electron chi connectivity index (χ0n) is 8.79. The van der Waals surface area contributed by atoms with Crippen LogP contribution in [0.3, 0.4) is 0 Å². The van der Waals surface area contributed by atoms with E-state index in [4.69, 9.17) is 0 Å². The van der Waals surface area contributed by atoms with Gasteiger partial charge in [0.15, 0.2) is 0 Å². The molecule has 1 aromatic heterocycles. The molecular formula is C10H15NO3S. The van der Waals surface area contributed by atoms with Gasteiger partial charge in [-0.3, -0.25) is 4.98 Å². The molecule has 1 heterocycles. The van der Waals surface area contributed by atoms with E-state index in [9.17, 15) is 13.5 Å². The molecule has 0 radical (unpaired) electrons. The maximum Gasteiger partial charge on any atom is 0.150 e. The number of rotatable bonds is 4. The van der Waals surface area contributed by atoms with Crippen molar-refractivity contribution in [3.63, 3.8) is 0 Å². The van der Waals surface area contributed by atoms with Gasteiger partial charge in [0.2, 0.25) is 0 Å². The van der Waals surface area contributed by atoms with Crippen molar-refractivity contribution in [2.24, 2.45) is 0 Å². The van der Waals surface area contributed by atoms with Gasteiger partial charge in [-0.15, -0.1) is 0 Å². The van der Waals surface area contributed by atoms with E-state index in [1.54, 1.807) is 25.3 Å².